The van der Waals surface area contributed by atoms with Crippen LogP contribution < -0.4 is 5.32 Å². The Kier molecular flexibility index (Phi) is 3.74. The zero-order chi connectivity index (χ0) is 11.6. The molecule has 5 heteroatoms. The highest BCUT2D eigenvalue weighted by Crippen LogP contribution is 2.38. The normalized spacial score (nSPS) is 33.9. The van der Waals surface area contributed by atoms with E-state index in [1.165, 1.54) is 0 Å². The SMILES string of the molecule is FC(F)(F)C1CCCC(N2CC[NH2+]CC2)C1. The highest BCUT2D eigenvalue weighted by molar-refractivity contribution is 4.84. The standard InChI is InChI=1S/C11H19F3N2/c12-11(13,14)9-2-1-3-10(8-9)16-6-4-15-5-7-16/h9-10,15H,1-8H2/p+1. The summed E-state index contributed by atoms with van der Waals surface area (Å²) >= 11 is 0. The molecule has 0 bridgehead atoms. The van der Waals surface area contributed by atoms with E-state index in [2.05, 4.69) is 10.2 Å². The quantitative estimate of drug-likeness (QED) is 0.721. The minimum atomic E-state index is -3.99. The van der Waals surface area contributed by atoms with Gasteiger partial charge in [0, 0.05) is 19.1 Å². The Hall–Kier alpha value is -0.290. The molecule has 0 radical (unpaired) electrons. The average Bonchev–Trinajstić information content (AvgIpc) is 2.29. The largest absolute Gasteiger partial charge is 0.391 e. The lowest BCUT2D eigenvalue weighted by molar-refractivity contribution is -0.663. The van der Waals surface area contributed by atoms with Crippen LogP contribution in [-0.2, 0) is 0 Å². The van der Waals surface area contributed by atoms with Gasteiger partial charge in [-0.05, 0) is 19.3 Å². The molecule has 2 N–H and O–H groups in total. The van der Waals surface area contributed by atoms with E-state index < -0.39 is 12.1 Å². The van der Waals surface area contributed by atoms with Crippen molar-refractivity contribution in [3.05, 3.63) is 0 Å². The molecular weight excluding hydrogens is 217 g/mol. The summed E-state index contributed by atoms with van der Waals surface area (Å²) < 4.78 is 38.0. The van der Waals surface area contributed by atoms with Gasteiger partial charge in [-0.3, -0.25) is 4.90 Å². The summed E-state index contributed by atoms with van der Waals surface area (Å²) in [6, 6.07) is 0.175. The van der Waals surface area contributed by atoms with Crippen molar-refractivity contribution in [2.45, 2.75) is 37.9 Å². The Balaban J connectivity index is 1.90. The lowest BCUT2D eigenvalue weighted by Gasteiger charge is -2.39. The van der Waals surface area contributed by atoms with Crippen molar-refractivity contribution in [3.8, 4) is 0 Å². The highest BCUT2D eigenvalue weighted by Gasteiger charge is 2.43. The average molecular weight is 237 g/mol. The Morgan fingerprint density at radius 1 is 1.06 bits per heavy atom. The van der Waals surface area contributed by atoms with E-state index in [1.54, 1.807) is 0 Å². The van der Waals surface area contributed by atoms with Gasteiger partial charge in [0.05, 0.1) is 19.0 Å². The number of nitrogens with two attached hydrogens (primary N) is 1. The number of quaternary nitrogens is 1. The van der Waals surface area contributed by atoms with Crippen molar-refractivity contribution in [2.75, 3.05) is 26.2 Å². The van der Waals surface area contributed by atoms with Gasteiger partial charge in [-0.1, -0.05) is 6.42 Å². The van der Waals surface area contributed by atoms with Gasteiger partial charge in [0.1, 0.15) is 0 Å². The van der Waals surface area contributed by atoms with Crippen molar-refractivity contribution >= 4 is 0 Å². The van der Waals surface area contributed by atoms with Gasteiger partial charge < -0.3 is 5.32 Å². The Morgan fingerprint density at radius 2 is 1.75 bits per heavy atom. The van der Waals surface area contributed by atoms with Crippen molar-refractivity contribution in [1.29, 1.82) is 0 Å². The van der Waals surface area contributed by atoms with Crippen LogP contribution in [0, 0.1) is 5.92 Å². The molecule has 2 fully saturated rings. The second-order valence-electron chi connectivity index (χ2n) is 4.96. The van der Waals surface area contributed by atoms with E-state index in [-0.39, 0.29) is 6.04 Å². The lowest BCUT2D eigenvalue weighted by Crippen LogP contribution is -2.90. The van der Waals surface area contributed by atoms with Crippen LogP contribution in [0.15, 0.2) is 0 Å². The second-order valence-corrected chi connectivity index (χ2v) is 4.96. The Morgan fingerprint density at radius 3 is 2.38 bits per heavy atom. The maximum absolute atomic E-state index is 12.7. The molecule has 1 saturated carbocycles. The van der Waals surface area contributed by atoms with Crippen molar-refractivity contribution in [3.63, 3.8) is 0 Å². The molecule has 16 heavy (non-hydrogen) atoms. The van der Waals surface area contributed by atoms with Gasteiger partial charge in [-0.2, -0.15) is 13.2 Å². The summed E-state index contributed by atoms with van der Waals surface area (Å²) in [7, 11) is 0. The smallest absolute Gasteiger partial charge is 0.344 e. The fraction of sp³-hybridized carbons (Fsp3) is 1.00. The first-order chi connectivity index (χ1) is 7.57. The molecule has 2 atom stereocenters. The molecule has 1 heterocycles. The van der Waals surface area contributed by atoms with E-state index in [0.29, 0.717) is 12.8 Å². The lowest BCUT2D eigenvalue weighted by atomic mass is 9.84. The molecule has 1 aliphatic heterocycles. The third-order valence-electron chi connectivity index (χ3n) is 3.87. The molecule has 0 aromatic heterocycles. The van der Waals surface area contributed by atoms with E-state index in [1.807, 2.05) is 0 Å². The second kappa shape index (κ2) is 4.92. The number of alkyl halides is 3. The van der Waals surface area contributed by atoms with Crippen LogP contribution in [0.1, 0.15) is 25.7 Å². The summed E-state index contributed by atoms with van der Waals surface area (Å²) in [5.74, 6) is -1.06. The van der Waals surface area contributed by atoms with Gasteiger partial charge in [0.2, 0.25) is 0 Å². The minimum Gasteiger partial charge on any atom is -0.344 e. The first kappa shape index (κ1) is 12.2. The fourth-order valence-electron chi connectivity index (χ4n) is 2.93. The molecule has 94 valence electrons. The number of hydrogen-bond donors (Lipinski definition) is 1. The third kappa shape index (κ3) is 2.88. The molecule has 2 nitrogen and oxygen atoms in total. The maximum atomic E-state index is 12.7. The molecule has 1 saturated heterocycles. The number of rotatable bonds is 1. The van der Waals surface area contributed by atoms with Crippen molar-refractivity contribution in [1.82, 2.24) is 4.90 Å². The van der Waals surface area contributed by atoms with Crippen LogP contribution in [0.5, 0.6) is 0 Å². The van der Waals surface area contributed by atoms with Crippen LogP contribution in [-0.4, -0.2) is 43.3 Å². The summed E-state index contributed by atoms with van der Waals surface area (Å²) in [6.45, 7) is 3.98. The van der Waals surface area contributed by atoms with Crippen LogP contribution in [0.25, 0.3) is 0 Å². The number of piperazine rings is 1. The first-order valence-electron chi connectivity index (χ1n) is 6.20. The molecule has 1 aliphatic carbocycles. The number of hydrogen-bond acceptors (Lipinski definition) is 1. The molecular formula is C11H20F3N2+. The van der Waals surface area contributed by atoms with E-state index in [4.69, 9.17) is 0 Å². The zero-order valence-electron chi connectivity index (χ0n) is 9.47. The first-order valence-corrected chi connectivity index (χ1v) is 6.20. The summed E-state index contributed by atoms with van der Waals surface area (Å²) in [5, 5.41) is 2.24. The molecule has 0 aromatic rings. The number of nitrogens with zero attached hydrogens (tertiary/aromatic N) is 1. The van der Waals surface area contributed by atoms with Crippen LogP contribution in [0.2, 0.25) is 0 Å². The number of halogens is 3. The highest BCUT2D eigenvalue weighted by atomic mass is 19.4. The summed E-state index contributed by atoms with van der Waals surface area (Å²) in [4.78, 5) is 2.26. The molecule has 2 aliphatic rings. The topological polar surface area (TPSA) is 19.9 Å². The van der Waals surface area contributed by atoms with Crippen molar-refractivity contribution < 1.29 is 18.5 Å². The van der Waals surface area contributed by atoms with Crippen LogP contribution in [0.3, 0.4) is 0 Å². The Labute approximate surface area is 94.2 Å². The third-order valence-corrected chi connectivity index (χ3v) is 3.87. The van der Waals surface area contributed by atoms with Gasteiger partial charge in [0.15, 0.2) is 0 Å². The van der Waals surface area contributed by atoms with Gasteiger partial charge in [-0.15, -0.1) is 0 Å². The van der Waals surface area contributed by atoms with Crippen LogP contribution in [0.4, 0.5) is 13.2 Å². The van der Waals surface area contributed by atoms with Crippen molar-refractivity contribution in [2.24, 2.45) is 5.92 Å². The Bertz CT molecular complexity index is 224. The summed E-state index contributed by atoms with van der Waals surface area (Å²) in [6.07, 6.45) is -1.65. The van der Waals surface area contributed by atoms with E-state index in [9.17, 15) is 13.2 Å². The molecule has 2 unspecified atom stereocenters. The molecule has 0 spiro atoms. The maximum Gasteiger partial charge on any atom is 0.391 e. The van der Waals surface area contributed by atoms with Crippen LogP contribution >= 0.6 is 0 Å². The molecule has 0 aromatic carbocycles. The van der Waals surface area contributed by atoms with E-state index in [0.717, 1.165) is 39.0 Å². The minimum absolute atomic E-state index is 0.175. The summed E-state index contributed by atoms with van der Waals surface area (Å²) in [5.41, 5.74) is 0. The fourth-order valence-corrected chi connectivity index (χ4v) is 2.93. The monoisotopic (exact) mass is 237 g/mol. The predicted molar refractivity (Wildman–Crippen MR) is 55.0 cm³/mol. The van der Waals surface area contributed by atoms with E-state index >= 15 is 0 Å². The predicted octanol–water partition coefficient (Wildman–Crippen LogP) is 0.986. The molecule has 2 rings (SSSR count). The molecule has 0 amide bonds. The van der Waals surface area contributed by atoms with Gasteiger partial charge >= 0.3 is 6.18 Å². The van der Waals surface area contributed by atoms with Gasteiger partial charge in [0.25, 0.3) is 0 Å². The van der Waals surface area contributed by atoms with Gasteiger partial charge in [-0.25, -0.2) is 0 Å². The zero-order valence-corrected chi connectivity index (χ0v) is 9.47.